The number of nitrogens with two attached hydrogens (primary N) is 1. The molecular formula is C17H20N2O2. The molecule has 0 saturated carbocycles. The fourth-order valence-electron chi connectivity index (χ4n) is 2.04. The van der Waals surface area contributed by atoms with Gasteiger partial charge in [0, 0.05) is 18.2 Å². The van der Waals surface area contributed by atoms with Crippen molar-refractivity contribution in [1.29, 1.82) is 0 Å². The lowest BCUT2D eigenvalue weighted by atomic mass is 10.0. The number of nitrogens with one attached hydrogen (secondary N) is 1. The van der Waals surface area contributed by atoms with Gasteiger partial charge in [-0.1, -0.05) is 30.3 Å². The molecule has 110 valence electrons. The highest BCUT2D eigenvalue weighted by Gasteiger charge is 2.09. The van der Waals surface area contributed by atoms with E-state index in [0.29, 0.717) is 12.1 Å². The van der Waals surface area contributed by atoms with Crippen LogP contribution in [0.4, 0.5) is 0 Å². The van der Waals surface area contributed by atoms with Crippen molar-refractivity contribution in [3.8, 4) is 11.1 Å². The molecular weight excluding hydrogens is 264 g/mol. The van der Waals surface area contributed by atoms with E-state index >= 15 is 0 Å². The van der Waals surface area contributed by atoms with Crippen LogP contribution in [0.2, 0.25) is 0 Å². The maximum absolute atomic E-state index is 11.9. The van der Waals surface area contributed by atoms with Crippen molar-refractivity contribution in [2.45, 2.75) is 19.5 Å². The maximum Gasteiger partial charge on any atom is 0.251 e. The zero-order valence-electron chi connectivity index (χ0n) is 12.0. The Labute approximate surface area is 124 Å². The lowest BCUT2D eigenvalue weighted by Crippen LogP contribution is -2.34. The summed E-state index contributed by atoms with van der Waals surface area (Å²) >= 11 is 0. The second kappa shape index (κ2) is 7.02. The number of aliphatic hydroxyl groups is 1. The SMILES string of the molecule is C[C@H](CO)NC(=O)c1ccc(-c2cccc(CN)c2)cc1. The molecule has 0 bridgehead atoms. The van der Waals surface area contributed by atoms with Crippen LogP contribution in [-0.4, -0.2) is 23.7 Å². The predicted octanol–water partition coefficient (Wildman–Crippen LogP) is 1.92. The van der Waals surface area contributed by atoms with Gasteiger partial charge in [-0.2, -0.15) is 0 Å². The molecule has 4 nitrogen and oxygen atoms in total. The first-order valence-corrected chi connectivity index (χ1v) is 6.95. The van der Waals surface area contributed by atoms with E-state index in [9.17, 15) is 4.79 Å². The molecule has 4 N–H and O–H groups in total. The minimum absolute atomic E-state index is 0.0737. The van der Waals surface area contributed by atoms with Crippen LogP contribution in [0, 0.1) is 0 Å². The van der Waals surface area contributed by atoms with Gasteiger partial charge in [0.25, 0.3) is 5.91 Å². The van der Waals surface area contributed by atoms with Gasteiger partial charge < -0.3 is 16.2 Å². The van der Waals surface area contributed by atoms with E-state index in [-0.39, 0.29) is 18.6 Å². The molecule has 0 aromatic heterocycles. The Balaban J connectivity index is 2.16. The van der Waals surface area contributed by atoms with E-state index < -0.39 is 0 Å². The van der Waals surface area contributed by atoms with Crippen molar-refractivity contribution in [3.63, 3.8) is 0 Å². The third-order valence-electron chi connectivity index (χ3n) is 3.29. The van der Waals surface area contributed by atoms with Gasteiger partial charge in [-0.25, -0.2) is 0 Å². The molecule has 0 aliphatic heterocycles. The number of amides is 1. The first kappa shape index (κ1) is 15.2. The molecule has 1 atom stereocenters. The molecule has 0 heterocycles. The Morgan fingerprint density at radius 2 is 1.90 bits per heavy atom. The fraction of sp³-hybridized carbons (Fsp3) is 0.235. The highest BCUT2D eigenvalue weighted by atomic mass is 16.3. The van der Waals surface area contributed by atoms with Crippen LogP contribution < -0.4 is 11.1 Å². The Bertz CT molecular complexity index is 608. The maximum atomic E-state index is 11.9. The van der Waals surface area contributed by atoms with Crippen LogP contribution in [0.3, 0.4) is 0 Å². The van der Waals surface area contributed by atoms with Crippen molar-refractivity contribution < 1.29 is 9.90 Å². The Morgan fingerprint density at radius 3 is 2.52 bits per heavy atom. The molecule has 0 aliphatic rings. The molecule has 2 aromatic carbocycles. The number of aliphatic hydroxyl groups excluding tert-OH is 1. The molecule has 0 radical (unpaired) electrons. The van der Waals surface area contributed by atoms with E-state index in [2.05, 4.69) is 5.32 Å². The molecule has 4 heteroatoms. The van der Waals surface area contributed by atoms with Crippen LogP contribution in [0.15, 0.2) is 48.5 Å². The zero-order chi connectivity index (χ0) is 15.2. The molecule has 2 rings (SSSR count). The van der Waals surface area contributed by atoms with Crippen molar-refractivity contribution in [2.24, 2.45) is 5.73 Å². The molecule has 0 fully saturated rings. The number of hydrogen-bond donors (Lipinski definition) is 3. The largest absolute Gasteiger partial charge is 0.394 e. The Morgan fingerprint density at radius 1 is 1.19 bits per heavy atom. The molecule has 0 aliphatic carbocycles. The first-order chi connectivity index (χ1) is 10.1. The number of hydrogen-bond acceptors (Lipinski definition) is 3. The van der Waals surface area contributed by atoms with Gasteiger partial charge in [-0.3, -0.25) is 4.79 Å². The van der Waals surface area contributed by atoms with Crippen LogP contribution in [0.25, 0.3) is 11.1 Å². The standard InChI is InChI=1S/C17H20N2O2/c1-12(11-20)19-17(21)15-7-5-14(6-8-15)16-4-2-3-13(9-16)10-18/h2-9,12,20H,10-11,18H2,1H3,(H,19,21)/t12-/m1/s1. The van der Waals surface area contributed by atoms with Crippen LogP contribution >= 0.6 is 0 Å². The van der Waals surface area contributed by atoms with Crippen molar-refractivity contribution in [2.75, 3.05) is 6.61 Å². The summed E-state index contributed by atoms with van der Waals surface area (Å²) in [5, 5.41) is 11.7. The van der Waals surface area contributed by atoms with Gasteiger partial charge in [0.2, 0.25) is 0 Å². The molecule has 2 aromatic rings. The van der Waals surface area contributed by atoms with E-state index in [1.165, 1.54) is 0 Å². The quantitative estimate of drug-likeness (QED) is 0.785. The van der Waals surface area contributed by atoms with Crippen LogP contribution in [0.1, 0.15) is 22.8 Å². The average Bonchev–Trinajstić information content (AvgIpc) is 2.54. The Kier molecular flexibility index (Phi) is 5.09. The van der Waals surface area contributed by atoms with Gasteiger partial charge in [0.05, 0.1) is 6.61 Å². The fourth-order valence-corrected chi connectivity index (χ4v) is 2.04. The lowest BCUT2D eigenvalue weighted by molar-refractivity contribution is 0.0922. The minimum atomic E-state index is -0.251. The number of rotatable bonds is 5. The van der Waals surface area contributed by atoms with Crippen molar-refractivity contribution in [1.82, 2.24) is 5.32 Å². The zero-order valence-corrected chi connectivity index (χ0v) is 12.0. The second-order valence-electron chi connectivity index (χ2n) is 5.04. The van der Waals surface area contributed by atoms with Gasteiger partial charge in [-0.15, -0.1) is 0 Å². The van der Waals surface area contributed by atoms with Gasteiger partial charge in [0.15, 0.2) is 0 Å². The first-order valence-electron chi connectivity index (χ1n) is 6.95. The predicted molar refractivity (Wildman–Crippen MR) is 83.8 cm³/mol. The highest BCUT2D eigenvalue weighted by Crippen LogP contribution is 2.21. The number of carbonyl (C=O) groups is 1. The van der Waals surface area contributed by atoms with Crippen LogP contribution in [-0.2, 0) is 6.54 Å². The van der Waals surface area contributed by atoms with E-state index in [1.807, 2.05) is 36.4 Å². The third kappa shape index (κ3) is 3.90. The van der Waals surface area contributed by atoms with E-state index in [4.69, 9.17) is 10.8 Å². The molecule has 21 heavy (non-hydrogen) atoms. The van der Waals surface area contributed by atoms with Crippen LogP contribution in [0.5, 0.6) is 0 Å². The third-order valence-corrected chi connectivity index (χ3v) is 3.29. The molecule has 0 unspecified atom stereocenters. The van der Waals surface area contributed by atoms with E-state index in [1.54, 1.807) is 19.1 Å². The summed E-state index contributed by atoms with van der Waals surface area (Å²) in [6, 6.07) is 15.2. The smallest absolute Gasteiger partial charge is 0.251 e. The van der Waals surface area contributed by atoms with Gasteiger partial charge >= 0.3 is 0 Å². The Hall–Kier alpha value is -2.17. The van der Waals surface area contributed by atoms with Gasteiger partial charge in [0.1, 0.15) is 0 Å². The normalized spacial score (nSPS) is 12.0. The summed E-state index contributed by atoms with van der Waals surface area (Å²) in [5.74, 6) is -0.182. The monoisotopic (exact) mass is 284 g/mol. The molecule has 0 spiro atoms. The average molecular weight is 284 g/mol. The topological polar surface area (TPSA) is 75.3 Å². The summed E-state index contributed by atoms with van der Waals surface area (Å²) in [7, 11) is 0. The summed E-state index contributed by atoms with van der Waals surface area (Å²) < 4.78 is 0. The summed E-state index contributed by atoms with van der Waals surface area (Å²) in [6.45, 7) is 2.19. The highest BCUT2D eigenvalue weighted by molar-refractivity contribution is 5.94. The number of benzene rings is 2. The summed E-state index contributed by atoms with van der Waals surface area (Å²) in [4.78, 5) is 11.9. The minimum Gasteiger partial charge on any atom is -0.394 e. The summed E-state index contributed by atoms with van der Waals surface area (Å²) in [6.07, 6.45) is 0. The molecule has 1 amide bonds. The van der Waals surface area contributed by atoms with Gasteiger partial charge in [-0.05, 0) is 41.8 Å². The van der Waals surface area contributed by atoms with Crippen molar-refractivity contribution >= 4 is 5.91 Å². The van der Waals surface area contributed by atoms with E-state index in [0.717, 1.165) is 16.7 Å². The lowest BCUT2D eigenvalue weighted by Gasteiger charge is -2.11. The molecule has 0 saturated heterocycles. The summed E-state index contributed by atoms with van der Waals surface area (Å²) in [5.41, 5.74) is 9.42. The van der Waals surface area contributed by atoms with Crippen molar-refractivity contribution in [3.05, 3.63) is 59.7 Å². The number of carbonyl (C=O) groups excluding carboxylic acids is 1. The second-order valence-corrected chi connectivity index (χ2v) is 5.04.